The molecule has 4 aromatic rings. The number of anilines is 2. The number of thiazole rings is 1. The molecule has 0 spiro atoms. The molecule has 0 atom stereocenters. The van der Waals surface area contributed by atoms with Gasteiger partial charge in [-0.05, 0) is 61.5 Å². The molecular formula is C26H22FN3O3S2. The maximum Gasteiger partial charge on any atom is 0.258 e. The lowest BCUT2D eigenvalue weighted by atomic mass is 10.2. The van der Waals surface area contributed by atoms with E-state index in [1.165, 1.54) is 41.3 Å². The number of ether oxygens (including phenoxy) is 1. The molecule has 9 heteroatoms. The van der Waals surface area contributed by atoms with Crippen molar-refractivity contribution < 1.29 is 18.7 Å². The summed E-state index contributed by atoms with van der Waals surface area (Å²) in [6, 6.07) is 20.5. The summed E-state index contributed by atoms with van der Waals surface area (Å²) in [6.07, 6.45) is 0. The molecular weight excluding hydrogens is 485 g/mol. The molecule has 178 valence electrons. The van der Waals surface area contributed by atoms with Gasteiger partial charge in [0.1, 0.15) is 11.6 Å². The molecule has 0 aliphatic carbocycles. The van der Waals surface area contributed by atoms with Gasteiger partial charge in [0.2, 0.25) is 5.91 Å². The third kappa shape index (κ3) is 6.68. The van der Waals surface area contributed by atoms with Crippen molar-refractivity contribution in [3.05, 3.63) is 89.6 Å². The molecule has 0 aliphatic heterocycles. The van der Waals surface area contributed by atoms with Gasteiger partial charge in [-0.3, -0.25) is 9.59 Å². The van der Waals surface area contributed by atoms with E-state index >= 15 is 0 Å². The Hall–Kier alpha value is -3.69. The molecule has 0 saturated carbocycles. The number of aromatic nitrogens is 1. The van der Waals surface area contributed by atoms with Gasteiger partial charge in [-0.2, -0.15) is 0 Å². The molecule has 0 bridgehead atoms. The summed E-state index contributed by atoms with van der Waals surface area (Å²) in [5.41, 5.74) is 2.20. The summed E-state index contributed by atoms with van der Waals surface area (Å²) in [5, 5.41) is 7.91. The van der Waals surface area contributed by atoms with Crippen LogP contribution in [0.5, 0.6) is 5.75 Å². The van der Waals surface area contributed by atoms with E-state index in [1.54, 1.807) is 24.3 Å². The average molecular weight is 508 g/mol. The van der Waals surface area contributed by atoms with Crippen molar-refractivity contribution in [3.8, 4) is 17.0 Å². The van der Waals surface area contributed by atoms with Crippen molar-refractivity contribution in [2.24, 2.45) is 0 Å². The zero-order valence-electron chi connectivity index (χ0n) is 18.8. The summed E-state index contributed by atoms with van der Waals surface area (Å²) < 4.78 is 19.3. The Morgan fingerprint density at radius 1 is 1.03 bits per heavy atom. The molecule has 3 aromatic carbocycles. The first-order chi connectivity index (χ1) is 17.0. The maximum absolute atomic E-state index is 13.8. The van der Waals surface area contributed by atoms with Crippen LogP contribution in [-0.2, 0) is 4.79 Å². The first kappa shape index (κ1) is 24.4. The van der Waals surface area contributed by atoms with Crippen molar-refractivity contribution in [2.45, 2.75) is 11.8 Å². The number of hydrogen-bond donors (Lipinski definition) is 2. The lowest BCUT2D eigenvalue weighted by molar-refractivity contribution is -0.113. The van der Waals surface area contributed by atoms with E-state index < -0.39 is 11.7 Å². The number of hydrogen-bond acceptors (Lipinski definition) is 6. The predicted octanol–water partition coefficient (Wildman–Crippen LogP) is 6.33. The van der Waals surface area contributed by atoms with Crippen molar-refractivity contribution in [2.75, 3.05) is 23.0 Å². The van der Waals surface area contributed by atoms with Crippen LogP contribution in [0.25, 0.3) is 11.3 Å². The second-order valence-electron chi connectivity index (χ2n) is 7.29. The van der Waals surface area contributed by atoms with E-state index in [-0.39, 0.29) is 17.2 Å². The average Bonchev–Trinajstić information content (AvgIpc) is 3.32. The van der Waals surface area contributed by atoms with E-state index in [4.69, 9.17) is 4.74 Å². The van der Waals surface area contributed by atoms with Gasteiger partial charge in [0.25, 0.3) is 5.91 Å². The molecule has 0 fully saturated rings. The molecule has 1 heterocycles. The van der Waals surface area contributed by atoms with Gasteiger partial charge in [-0.15, -0.1) is 23.1 Å². The third-order valence-corrected chi connectivity index (χ3v) is 6.54. The Morgan fingerprint density at radius 3 is 2.60 bits per heavy atom. The Morgan fingerprint density at radius 2 is 1.83 bits per heavy atom. The number of carbonyl (C=O) groups excluding carboxylic acids is 2. The lowest BCUT2D eigenvalue weighted by Crippen LogP contribution is -2.14. The summed E-state index contributed by atoms with van der Waals surface area (Å²) in [6.45, 7) is 2.54. The highest BCUT2D eigenvalue weighted by atomic mass is 32.2. The molecule has 1 aromatic heterocycles. The highest BCUT2D eigenvalue weighted by molar-refractivity contribution is 8.00. The Labute approximate surface area is 210 Å². The zero-order chi connectivity index (χ0) is 24.6. The lowest BCUT2D eigenvalue weighted by Gasteiger charge is -2.08. The quantitative estimate of drug-likeness (QED) is 0.259. The predicted molar refractivity (Wildman–Crippen MR) is 139 cm³/mol. The van der Waals surface area contributed by atoms with Crippen LogP contribution in [-0.4, -0.2) is 29.2 Å². The first-order valence-electron chi connectivity index (χ1n) is 10.8. The summed E-state index contributed by atoms with van der Waals surface area (Å²) in [7, 11) is 0. The normalized spacial score (nSPS) is 10.6. The molecule has 0 saturated heterocycles. The second-order valence-corrected chi connectivity index (χ2v) is 9.20. The number of thioether (sulfide) groups is 1. The summed E-state index contributed by atoms with van der Waals surface area (Å²) in [5.74, 6) is -0.339. The highest BCUT2D eigenvalue weighted by Gasteiger charge is 2.12. The van der Waals surface area contributed by atoms with E-state index in [1.807, 2.05) is 42.6 Å². The number of nitrogens with zero attached hydrogens (tertiary/aromatic N) is 1. The maximum atomic E-state index is 13.8. The van der Waals surface area contributed by atoms with Gasteiger partial charge < -0.3 is 15.4 Å². The largest absolute Gasteiger partial charge is 0.494 e. The Bertz CT molecular complexity index is 1330. The van der Waals surface area contributed by atoms with Crippen LogP contribution in [0.1, 0.15) is 17.3 Å². The fourth-order valence-electron chi connectivity index (χ4n) is 3.16. The van der Waals surface area contributed by atoms with Crippen molar-refractivity contribution in [1.29, 1.82) is 0 Å². The van der Waals surface area contributed by atoms with E-state index in [0.29, 0.717) is 17.4 Å². The fourth-order valence-corrected chi connectivity index (χ4v) is 4.65. The van der Waals surface area contributed by atoms with Crippen molar-refractivity contribution >= 4 is 45.7 Å². The Kier molecular flexibility index (Phi) is 8.12. The second kappa shape index (κ2) is 11.6. The van der Waals surface area contributed by atoms with E-state index in [2.05, 4.69) is 15.6 Å². The SMILES string of the molecule is CCOc1ccc(-c2csc(NC(=O)CSc3cccc(NC(=O)c4ccccc4F)c3)n2)cc1. The minimum Gasteiger partial charge on any atom is -0.494 e. The summed E-state index contributed by atoms with van der Waals surface area (Å²) >= 11 is 2.68. The van der Waals surface area contributed by atoms with Gasteiger partial charge in [-0.1, -0.05) is 18.2 Å². The van der Waals surface area contributed by atoms with Crippen LogP contribution in [0.3, 0.4) is 0 Å². The van der Waals surface area contributed by atoms with E-state index in [0.717, 1.165) is 21.9 Å². The number of rotatable bonds is 9. The molecule has 4 rings (SSSR count). The van der Waals surface area contributed by atoms with Gasteiger partial charge in [0.15, 0.2) is 5.13 Å². The van der Waals surface area contributed by atoms with Gasteiger partial charge >= 0.3 is 0 Å². The molecule has 0 unspecified atom stereocenters. The minimum atomic E-state index is -0.583. The van der Waals surface area contributed by atoms with Crippen molar-refractivity contribution in [1.82, 2.24) is 4.98 Å². The van der Waals surface area contributed by atoms with Crippen LogP contribution in [0.15, 0.2) is 83.1 Å². The number of nitrogens with one attached hydrogen (secondary N) is 2. The molecule has 2 N–H and O–H groups in total. The van der Waals surface area contributed by atoms with Crippen LogP contribution >= 0.6 is 23.1 Å². The van der Waals surface area contributed by atoms with Gasteiger partial charge in [0, 0.05) is 21.5 Å². The fraction of sp³-hybridized carbons (Fsp3) is 0.115. The zero-order valence-corrected chi connectivity index (χ0v) is 20.4. The van der Waals surface area contributed by atoms with Crippen LogP contribution in [0, 0.1) is 5.82 Å². The molecule has 0 aliphatic rings. The summed E-state index contributed by atoms with van der Waals surface area (Å²) in [4.78, 5) is 30.1. The highest BCUT2D eigenvalue weighted by Crippen LogP contribution is 2.27. The molecule has 35 heavy (non-hydrogen) atoms. The number of benzene rings is 3. The third-order valence-electron chi connectivity index (χ3n) is 4.79. The number of halogens is 1. The minimum absolute atomic E-state index is 0.0296. The van der Waals surface area contributed by atoms with E-state index in [9.17, 15) is 14.0 Å². The molecule has 2 amide bonds. The first-order valence-corrected chi connectivity index (χ1v) is 12.7. The van der Waals surface area contributed by atoms with Crippen LogP contribution < -0.4 is 15.4 Å². The molecule has 0 radical (unpaired) electrons. The van der Waals surface area contributed by atoms with Crippen molar-refractivity contribution in [3.63, 3.8) is 0 Å². The smallest absolute Gasteiger partial charge is 0.258 e. The van der Waals surface area contributed by atoms with Crippen LogP contribution in [0.4, 0.5) is 15.2 Å². The van der Waals surface area contributed by atoms with Crippen LogP contribution in [0.2, 0.25) is 0 Å². The number of carbonyl (C=O) groups is 2. The van der Waals surface area contributed by atoms with Gasteiger partial charge in [-0.25, -0.2) is 9.37 Å². The topological polar surface area (TPSA) is 80.3 Å². The van der Waals surface area contributed by atoms with Gasteiger partial charge in [0.05, 0.1) is 23.6 Å². The monoisotopic (exact) mass is 507 g/mol. The standard InChI is InChI=1S/C26H22FN3O3S2/c1-2-33-19-12-10-17(11-13-19)23-15-35-26(29-23)30-24(31)16-34-20-7-5-6-18(14-20)28-25(32)21-8-3-4-9-22(21)27/h3-15H,2,16H2,1H3,(H,28,32)(H,29,30,31). The Balaban J connectivity index is 1.31. The number of amides is 2. The molecule has 6 nitrogen and oxygen atoms in total.